The molecular weight excluding hydrogens is 236 g/mol. The van der Waals surface area contributed by atoms with Gasteiger partial charge in [0.2, 0.25) is 0 Å². The van der Waals surface area contributed by atoms with E-state index in [0.717, 1.165) is 17.7 Å². The SMILES string of the molecule is CCc1ccc(N=Cc2ccc(N=[N+]=[N-])cc2)cc1. The van der Waals surface area contributed by atoms with E-state index in [9.17, 15) is 0 Å². The van der Waals surface area contributed by atoms with Crippen LogP contribution in [0.2, 0.25) is 0 Å². The molecule has 0 spiro atoms. The van der Waals surface area contributed by atoms with Crippen LogP contribution in [0.25, 0.3) is 10.4 Å². The van der Waals surface area contributed by atoms with Crippen molar-refractivity contribution in [1.29, 1.82) is 0 Å². The number of hydrogen-bond acceptors (Lipinski definition) is 2. The number of aliphatic imine (C=N–C) groups is 1. The molecule has 0 heterocycles. The monoisotopic (exact) mass is 250 g/mol. The zero-order chi connectivity index (χ0) is 13.5. The maximum absolute atomic E-state index is 8.32. The van der Waals surface area contributed by atoms with E-state index in [-0.39, 0.29) is 0 Å². The average Bonchev–Trinajstić information content (AvgIpc) is 2.47. The molecule has 0 unspecified atom stereocenters. The second-order valence-corrected chi connectivity index (χ2v) is 4.06. The van der Waals surface area contributed by atoms with Crippen LogP contribution in [-0.4, -0.2) is 6.21 Å². The summed E-state index contributed by atoms with van der Waals surface area (Å²) in [5.41, 5.74) is 12.1. The summed E-state index contributed by atoms with van der Waals surface area (Å²) in [6.45, 7) is 2.13. The zero-order valence-corrected chi connectivity index (χ0v) is 10.7. The van der Waals surface area contributed by atoms with Crippen LogP contribution in [0, 0.1) is 0 Å². The van der Waals surface area contributed by atoms with Gasteiger partial charge < -0.3 is 0 Å². The van der Waals surface area contributed by atoms with E-state index < -0.39 is 0 Å². The van der Waals surface area contributed by atoms with Crippen molar-refractivity contribution in [2.24, 2.45) is 10.1 Å². The lowest BCUT2D eigenvalue weighted by Gasteiger charge is -1.97. The maximum Gasteiger partial charge on any atom is 0.0630 e. The van der Waals surface area contributed by atoms with E-state index in [0.29, 0.717) is 5.69 Å². The molecule has 0 fully saturated rings. The van der Waals surface area contributed by atoms with Gasteiger partial charge in [0.15, 0.2) is 0 Å². The Labute approximate surface area is 112 Å². The zero-order valence-electron chi connectivity index (χ0n) is 10.7. The molecule has 2 aromatic carbocycles. The molecule has 0 amide bonds. The van der Waals surface area contributed by atoms with Gasteiger partial charge in [-0.2, -0.15) is 0 Å². The molecule has 0 aliphatic carbocycles. The fourth-order valence-electron chi connectivity index (χ4n) is 1.65. The summed E-state index contributed by atoms with van der Waals surface area (Å²) in [7, 11) is 0. The molecule has 4 nitrogen and oxygen atoms in total. The number of nitrogens with zero attached hydrogens (tertiary/aromatic N) is 4. The van der Waals surface area contributed by atoms with Gasteiger partial charge in [-0.05, 0) is 35.2 Å². The van der Waals surface area contributed by atoms with Crippen LogP contribution < -0.4 is 0 Å². The second kappa shape index (κ2) is 6.38. The molecule has 2 aromatic rings. The van der Waals surface area contributed by atoms with Crippen LogP contribution in [-0.2, 0) is 6.42 Å². The minimum Gasteiger partial charge on any atom is -0.256 e. The van der Waals surface area contributed by atoms with Gasteiger partial charge in [0.25, 0.3) is 0 Å². The van der Waals surface area contributed by atoms with Crippen LogP contribution in [0.1, 0.15) is 18.1 Å². The quantitative estimate of drug-likeness (QED) is 0.319. The Balaban J connectivity index is 2.10. The Morgan fingerprint density at radius 2 is 1.63 bits per heavy atom. The molecule has 0 saturated carbocycles. The smallest absolute Gasteiger partial charge is 0.0630 e. The summed E-state index contributed by atoms with van der Waals surface area (Å²) >= 11 is 0. The number of benzene rings is 2. The third-order valence-electron chi connectivity index (χ3n) is 2.76. The minimum absolute atomic E-state index is 0.604. The van der Waals surface area contributed by atoms with Crippen molar-refractivity contribution < 1.29 is 0 Å². The van der Waals surface area contributed by atoms with Crippen LogP contribution >= 0.6 is 0 Å². The van der Waals surface area contributed by atoms with Gasteiger partial charge in [-0.3, -0.25) is 4.99 Å². The first kappa shape index (κ1) is 12.9. The molecule has 0 aliphatic rings. The van der Waals surface area contributed by atoms with Crippen molar-refractivity contribution in [2.75, 3.05) is 0 Å². The van der Waals surface area contributed by atoms with E-state index in [1.165, 1.54) is 5.56 Å². The summed E-state index contributed by atoms with van der Waals surface area (Å²) in [4.78, 5) is 7.14. The van der Waals surface area contributed by atoms with Crippen molar-refractivity contribution in [3.63, 3.8) is 0 Å². The van der Waals surface area contributed by atoms with E-state index in [4.69, 9.17) is 5.53 Å². The Hall–Kier alpha value is -2.58. The lowest BCUT2D eigenvalue weighted by molar-refractivity contribution is 1.14. The van der Waals surface area contributed by atoms with Gasteiger partial charge in [0, 0.05) is 16.8 Å². The summed E-state index contributed by atoms with van der Waals surface area (Å²) in [5, 5.41) is 3.52. The fourth-order valence-corrected chi connectivity index (χ4v) is 1.65. The molecule has 2 rings (SSSR count). The first-order chi connectivity index (χ1) is 9.31. The van der Waals surface area contributed by atoms with Crippen molar-refractivity contribution in [1.82, 2.24) is 0 Å². The Morgan fingerprint density at radius 3 is 2.21 bits per heavy atom. The minimum atomic E-state index is 0.604. The highest BCUT2D eigenvalue weighted by atomic mass is 15.1. The number of hydrogen-bond donors (Lipinski definition) is 0. The van der Waals surface area contributed by atoms with Gasteiger partial charge in [-0.25, -0.2) is 0 Å². The summed E-state index contributed by atoms with van der Waals surface area (Å²) in [6.07, 6.45) is 2.83. The van der Waals surface area contributed by atoms with Gasteiger partial charge >= 0.3 is 0 Å². The van der Waals surface area contributed by atoms with Gasteiger partial charge in [0.1, 0.15) is 0 Å². The maximum atomic E-state index is 8.32. The molecule has 0 radical (unpaired) electrons. The molecule has 0 N–H and O–H groups in total. The first-order valence-corrected chi connectivity index (χ1v) is 6.10. The normalized spacial score (nSPS) is 10.4. The molecule has 94 valence electrons. The van der Waals surface area contributed by atoms with E-state index >= 15 is 0 Å². The highest BCUT2D eigenvalue weighted by Gasteiger charge is 1.92. The number of rotatable bonds is 4. The molecule has 19 heavy (non-hydrogen) atoms. The first-order valence-electron chi connectivity index (χ1n) is 6.10. The van der Waals surface area contributed by atoms with Crippen LogP contribution in [0.3, 0.4) is 0 Å². The molecule has 4 heteroatoms. The van der Waals surface area contributed by atoms with E-state index in [1.54, 1.807) is 18.3 Å². The Bertz CT molecular complexity index is 606. The van der Waals surface area contributed by atoms with Gasteiger partial charge in [0.05, 0.1) is 5.69 Å². The molecule has 0 aliphatic heterocycles. The van der Waals surface area contributed by atoms with Crippen molar-refractivity contribution in [3.8, 4) is 0 Å². The third kappa shape index (κ3) is 3.69. The highest BCUT2D eigenvalue weighted by Crippen LogP contribution is 2.15. The highest BCUT2D eigenvalue weighted by molar-refractivity contribution is 5.82. The van der Waals surface area contributed by atoms with Gasteiger partial charge in [-0.15, -0.1) is 0 Å². The van der Waals surface area contributed by atoms with Crippen molar-refractivity contribution >= 4 is 17.6 Å². The van der Waals surface area contributed by atoms with Gasteiger partial charge in [-0.1, -0.05) is 48.4 Å². The summed E-state index contributed by atoms with van der Waals surface area (Å²) < 4.78 is 0. The fraction of sp³-hybridized carbons (Fsp3) is 0.133. The van der Waals surface area contributed by atoms with Crippen LogP contribution in [0.4, 0.5) is 11.4 Å². The molecule has 0 aromatic heterocycles. The van der Waals surface area contributed by atoms with Crippen LogP contribution in [0.5, 0.6) is 0 Å². The third-order valence-corrected chi connectivity index (χ3v) is 2.76. The Morgan fingerprint density at radius 1 is 1.00 bits per heavy atom. The standard InChI is InChI=1S/C15H14N4/c1-2-12-3-7-14(8-4-12)17-11-13-5-9-15(10-6-13)18-19-16/h3-11H,2H2,1H3. The molecular formula is C15H14N4. The Kier molecular flexibility index (Phi) is 4.32. The molecule has 0 bridgehead atoms. The topological polar surface area (TPSA) is 61.1 Å². The molecule has 0 atom stereocenters. The lowest BCUT2D eigenvalue weighted by Crippen LogP contribution is -1.80. The van der Waals surface area contributed by atoms with Crippen molar-refractivity contribution in [3.05, 3.63) is 70.1 Å². The van der Waals surface area contributed by atoms with E-state index in [1.807, 2.05) is 24.3 Å². The number of azide groups is 1. The summed E-state index contributed by atoms with van der Waals surface area (Å²) in [6, 6.07) is 15.4. The lowest BCUT2D eigenvalue weighted by atomic mass is 10.1. The predicted molar refractivity (Wildman–Crippen MR) is 78.3 cm³/mol. The van der Waals surface area contributed by atoms with E-state index in [2.05, 4.69) is 34.1 Å². The second-order valence-electron chi connectivity index (χ2n) is 4.06. The van der Waals surface area contributed by atoms with Crippen molar-refractivity contribution in [2.45, 2.75) is 13.3 Å². The largest absolute Gasteiger partial charge is 0.256 e. The molecule has 0 saturated heterocycles. The van der Waals surface area contributed by atoms with Crippen LogP contribution in [0.15, 0.2) is 58.6 Å². The predicted octanol–water partition coefficient (Wildman–Crippen LogP) is 4.94. The summed E-state index contributed by atoms with van der Waals surface area (Å²) in [5.74, 6) is 0. The number of aryl methyl sites for hydroxylation is 1. The average molecular weight is 250 g/mol.